The highest BCUT2D eigenvalue weighted by atomic mass is 32.1. The fourth-order valence-corrected chi connectivity index (χ4v) is 7.63. The zero-order valence-electron chi connectivity index (χ0n) is 27.6. The molecular weight excluding hydrogens is 639 g/mol. The van der Waals surface area contributed by atoms with Gasteiger partial charge in [0.1, 0.15) is 0 Å². The van der Waals surface area contributed by atoms with E-state index in [1.807, 2.05) is 12.1 Å². The average Bonchev–Trinajstić information content (AvgIpc) is 3.66. The quantitative estimate of drug-likeness (QED) is 0.169. The van der Waals surface area contributed by atoms with Gasteiger partial charge in [-0.25, -0.2) is 15.0 Å². The van der Waals surface area contributed by atoms with E-state index in [-0.39, 0.29) is 0 Å². The lowest BCUT2D eigenvalue weighted by molar-refractivity contribution is 1.08. The van der Waals surface area contributed by atoms with Gasteiger partial charge in [-0.05, 0) is 68.1 Å². The minimum Gasteiger partial charge on any atom is -0.208 e. The van der Waals surface area contributed by atoms with Crippen molar-refractivity contribution < 1.29 is 0 Å². The van der Waals surface area contributed by atoms with Crippen LogP contribution in [0.5, 0.6) is 0 Å². The van der Waals surface area contributed by atoms with Crippen LogP contribution in [0, 0.1) is 0 Å². The molecule has 0 spiro atoms. The molecule has 0 atom stereocenters. The number of aromatic nitrogens is 3. The van der Waals surface area contributed by atoms with Gasteiger partial charge in [0.15, 0.2) is 17.5 Å². The molecule has 0 bridgehead atoms. The van der Waals surface area contributed by atoms with Crippen LogP contribution in [-0.4, -0.2) is 15.0 Å². The Morgan fingerprint density at radius 1 is 0.294 bits per heavy atom. The van der Waals surface area contributed by atoms with Crippen molar-refractivity contribution in [1.29, 1.82) is 0 Å². The first-order valence-corrected chi connectivity index (χ1v) is 17.8. The molecule has 51 heavy (non-hydrogen) atoms. The number of rotatable bonds is 7. The van der Waals surface area contributed by atoms with Gasteiger partial charge in [0.25, 0.3) is 0 Å². The molecule has 4 heteroatoms. The lowest BCUT2D eigenvalue weighted by Gasteiger charge is -2.14. The summed E-state index contributed by atoms with van der Waals surface area (Å²) in [6.45, 7) is 0. The molecule has 0 unspecified atom stereocenters. The summed E-state index contributed by atoms with van der Waals surface area (Å²) in [7, 11) is 0. The van der Waals surface area contributed by atoms with Crippen LogP contribution in [0.2, 0.25) is 0 Å². The fraction of sp³-hybridized carbons (Fsp3) is 0. The van der Waals surface area contributed by atoms with Crippen LogP contribution in [-0.2, 0) is 0 Å². The van der Waals surface area contributed by atoms with Crippen LogP contribution in [0.15, 0.2) is 188 Å². The Labute approximate surface area is 301 Å². The molecule has 240 valence electrons. The minimum absolute atomic E-state index is 0.645. The largest absolute Gasteiger partial charge is 0.208 e. The molecule has 0 amide bonds. The third-order valence-corrected chi connectivity index (χ3v) is 10.3. The Kier molecular flexibility index (Phi) is 8.05. The van der Waals surface area contributed by atoms with Gasteiger partial charge in [-0.1, -0.05) is 170 Å². The molecule has 9 aromatic rings. The molecule has 9 rings (SSSR count). The summed E-state index contributed by atoms with van der Waals surface area (Å²) in [5.74, 6) is 1.97. The first kappa shape index (κ1) is 30.6. The van der Waals surface area contributed by atoms with E-state index in [1.54, 1.807) is 11.3 Å². The Morgan fingerprint density at radius 2 is 0.784 bits per heavy atom. The second-order valence-electron chi connectivity index (χ2n) is 12.4. The van der Waals surface area contributed by atoms with Crippen LogP contribution in [0.1, 0.15) is 0 Å². The van der Waals surface area contributed by atoms with Crippen molar-refractivity contribution in [2.45, 2.75) is 0 Å². The van der Waals surface area contributed by atoms with Gasteiger partial charge in [-0.2, -0.15) is 0 Å². The van der Waals surface area contributed by atoms with E-state index >= 15 is 0 Å². The van der Waals surface area contributed by atoms with Crippen LogP contribution in [0.25, 0.3) is 88.1 Å². The third-order valence-electron chi connectivity index (χ3n) is 9.20. The monoisotopic (exact) mass is 669 g/mol. The lowest BCUT2D eigenvalue weighted by atomic mass is 9.91. The van der Waals surface area contributed by atoms with Crippen molar-refractivity contribution in [2.24, 2.45) is 0 Å². The maximum absolute atomic E-state index is 5.12. The SMILES string of the molecule is c1ccc(-c2ccc(-c3ccc(-c4nc(-c5cc6ccccc6s5)nc(-c5ccccc5-c5ccccc5)n4)cc3)cc2-c2ccccc2)cc1. The van der Waals surface area contributed by atoms with Crippen molar-refractivity contribution in [3.63, 3.8) is 0 Å². The Bertz CT molecular complexity index is 2580. The predicted molar refractivity (Wildman–Crippen MR) is 213 cm³/mol. The van der Waals surface area contributed by atoms with E-state index in [1.165, 1.54) is 32.3 Å². The lowest BCUT2D eigenvalue weighted by Crippen LogP contribution is -2.00. The normalized spacial score (nSPS) is 11.1. The van der Waals surface area contributed by atoms with E-state index in [0.29, 0.717) is 17.5 Å². The Hall–Kier alpha value is -6.49. The Balaban J connectivity index is 1.15. The number of hydrogen-bond donors (Lipinski definition) is 0. The van der Waals surface area contributed by atoms with E-state index in [0.717, 1.165) is 38.3 Å². The van der Waals surface area contributed by atoms with Crippen LogP contribution in [0.3, 0.4) is 0 Å². The van der Waals surface area contributed by atoms with Crippen molar-refractivity contribution in [1.82, 2.24) is 15.0 Å². The number of thiophene rings is 1. The minimum atomic E-state index is 0.645. The standard InChI is InChI=1S/C47H31N3S/c1-4-14-33(15-5-1)39-21-11-12-22-41(39)46-48-45(49-47(50-46)44-31-38-20-10-13-23-43(38)51-44)36-26-24-32(25-27-36)37-28-29-40(34-16-6-2-7-17-34)42(30-37)35-18-8-3-9-19-35/h1-31H. The van der Waals surface area contributed by atoms with Crippen LogP contribution < -0.4 is 0 Å². The van der Waals surface area contributed by atoms with Gasteiger partial charge in [-0.15, -0.1) is 11.3 Å². The predicted octanol–water partition coefficient (Wildman–Crippen LogP) is 12.8. The number of hydrogen-bond acceptors (Lipinski definition) is 4. The van der Waals surface area contributed by atoms with Crippen molar-refractivity contribution in [2.75, 3.05) is 0 Å². The van der Waals surface area contributed by atoms with Crippen LogP contribution in [0.4, 0.5) is 0 Å². The molecule has 3 nitrogen and oxygen atoms in total. The molecule has 0 aliphatic carbocycles. The van der Waals surface area contributed by atoms with E-state index in [4.69, 9.17) is 15.0 Å². The van der Waals surface area contributed by atoms with Gasteiger partial charge in [0, 0.05) is 15.8 Å². The highest BCUT2D eigenvalue weighted by Crippen LogP contribution is 2.38. The molecule has 0 N–H and O–H groups in total. The van der Waals surface area contributed by atoms with Gasteiger partial charge in [0.2, 0.25) is 0 Å². The molecule has 2 heterocycles. The first-order chi connectivity index (χ1) is 25.3. The highest BCUT2D eigenvalue weighted by molar-refractivity contribution is 7.22. The molecule has 0 saturated heterocycles. The maximum atomic E-state index is 5.12. The molecule has 0 radical (unpaired) electrons. The number of fused-ring (bicyclic) bond motifs is 1. The van der Waals surface area contributed by atoms with Gasteiger partial charge in [-0.3, -0.25) is 0 Å². The average molecular weight is 670 g/mol. The summed E-state index contributed by atoms with van der Waals surface area (Å²) in [6.07, 6.45) is 0. The van der Waals surface area contributed by atoms with Crippen molar-refractivity contribution in [3.05, 3.63) is 188 Å². The molecule has 7 aromatic carbocycles. The fourth-order valence-electron chi connectivity index (χ4n) is 6.64. The van der Waals surface area contributed by atoms with Crippen molar-refractivity contribution in [3.8, 4) is 78.0 Å². The zero-order chi connectivity index (χ0) is 34.0. The van der Waals surface area contributed by atoms with Crippen LogP contribution >= 0.6 is 11.3 Å². The van der Waals surface area contributed by atoms with E-state index in [2.05, 4.69) is 176 Å². The molecule has 2 aromatic heterocycles. The summed E-state index contributed by atoms with van der Waals surface area (Å²) in [5, 5.41) is 1.18. The van der Waals surface area contributed by atoms with Crippen molar-refractivity contribution >= 4 is 21.4 Å². The third kappa shape index (κ3) is 6.14. The van der Waals surface area contributed by atoms with Gasteiger partial charge in [0.05, 0.1) is 4.88 Å². The van der Waals surface area contributed by atoms with E-state index in [9.17, 15) is 0 Å². The van der Waals surface area contributed by atoms with Gasteiger partial charge < -0.3 is 0 Å². The summed E-state index contributed by atoms with van der Waals surface area (Å²) in [4.78, 5) is 16.3. The summed E-state index contributed by atoms with van der Waals surface area (Å²) >= 11 is 1.70. The highest BCUT2D eigenvalue weighted by Gasteiger charge is 2.17. The zero-order valence-corrected chi connectivity index (χ0v) is 28.5. The first-order valence-electron chi connectivity index (χ1n) is 17.0. The summed E-state index contributed by atoms with van der Waals surface area (Å²) in [5.41, 5.74) is 11.2. The molecule has 0 aliphatic rings. The molecule has 0 saturated carbocycles. The summed E-state index contributed by atoms with van der Waals surface area (Å²) in [6, 6.07) is 65.9. The molecule has 0 fully saturated rings. The molecular formula is C47H31N3S. The molecule has 0 aliphatic heterocycles. The Morgan fingerprint density at radius 3 is 1.45 bits per heavy atom. The topological polar surface area (TPSA) is 38.7 Å². The van der Waals surface area contributed by atoms with E-state index < -0.39 is 0 Å². The number of benzene rings is 7. The second kappa shape index (κ2) is 13.4. The maximum Gasteiger partial charge on any atom is 0.174 e. The smallest absolute Gasteiger partial charge is 0.174 e. The second-order valence-corrected chi connectivity index (χ2v) is 13.5. The summed E-state index contributed by atoms with van der Waals surface area (Å²) < 4.78 is 1.21. The van der Waals surface area contributed by atoms with Gasteiger partial charge >= 0.3 is 0 Å². The number of nitrogens with zero attached hydrogens (tertiary/aromatic N) is 3.